The molecule has 0 aliphatic rings. The molecule has 0 bridgehead atoms. The van der Waals surface area contributed by atoms with Gasteiger partial charge >= 0.3 is 0 Å². The zero-order chi connectivity index (χ0) is 10.6. The highest BCUT2D eigenvalue weighted by Gasteiger charge is 2.06. The smallest absolute Gasteiger partial charge is 0.161 e. The van der Waals surface area contributed by atoms with Crippen molar-refractivity contribution < 1.29 is 9.47 Å². The molecule has 0 N–H and O–H groups in total. The highest BCUT2D eigenvalue weighted by molar-refractivity contribution is 6.17. The first-order valence-electron chi connectivity index (χ1n) is 4.57. The minimum absolute atomic E-state index is 0.144. The van der Waals surface area contributed by atoms with Gasteiger partial charge in [0.05, 0.1) is 13.2 Å². The van der Waals surface area contributed by atoms with Gasteiger partial charge < -0.3 is 9.47 Å². The Bertz CT molecular complexity index is 297. The van der Waals surface area contributed by atoms with E-state index >= 15 is 0 Å². The molecular formula is C11H15ClO2. The van der Waals surface area contributed by atoms with Crippen molar-refractivity contribution in [3.8, 4) is 11.5 Å². The lowest BCUT2D eigenvalue weighted by Gasteiger charge is -2.13. The van der Waals surface area contributed by atoms with E-state index in [1.165, 1.54) is 0 Å². The maximum absolute atomic E-state index is 5.72. The summed E-state index contributed by atoms with van der Waals surface area (Å²) in [5, 5.41) is 0. The van der Waals surface area contributed by atoms with Crippen LogP contribution in [0.25, 0.3) is 0 Å². The van der Waals surface area contributed by atoms with Crippen LogP contribution in [0.5, 0.6) is 11.5 Å². The summed E-state index contributed by atoms with van der Waals surface area (Å²) in [7, 11) is 1.63. The Morgan fingerprint density at radius 2 is 2.00 bits per heavy atom. The van der Waals surface area contributed by atoms with E-state index in [4.69, 9.17) is 21.1 Å². The molecule has 0 spiro atoms. The zero-order valence-electron chi connectivity index (χ0n) is 8.71. The van der Waals surface area contributed by atoms with Crippen LogP contribution in [0.4, 0.5) is 0 Å². The van der Waals surface area contributed by atoms with Gasteiger partial charge in [-0.25, -0.2) is 0 Å². The minimum atomic E-state index is 0.144. The van der Waals surface area contributed by atoms with Crippen LogP contribution in [0.2, 0.25) is 0 Å². The van der Waals surface area contributed by atoms with Gasteiger partial charge in [-0.3, -0.25) is 0 Å². The standard InChI is InChI=1S/C11H15ClO2/c1-8(2)14-10-5-4-9(7-12)6-11(10)13-3/h4-6,8H,7H2,1-3H3. The lowest BCUT2D eigenvalue weighted by atomic mass is 10.2. The Labute approximate surface area is 89.8 Å². The number of rotatable bonds is 4. The van der Waals surface area contributed by atoms with Gasteiger partial charge in [0, 0.05) is 5.88 Å². The lowest BCUT2D eigenvalue weighted by Crippen LogP contribution is -2.06. The molecule has 1 aromatic rings. The van der Waals surface area contributed by atoms with E-state index in [1.807, 2.05) is 32.0 Å². The van der Waals surface area contributed by atoms with Crippen molar-refractivity contribution in [2.24, 2.45) is 0 Å². The number of hydrogen-bond acceptors (Lipinski definition) is 2. The average molecular weight is 215 g/mol. The third-order valence-corrected chi connectivity index (χ3v) is 2.05. The second-order valence-electron chi connectivity index (χ2n) is 3.29. The first-order chi connectivity index (χ1) is 6.67. The quantitative estimate of drug-likeness (QED) is 0.717. The summed E-state index contributed by atoms with van der Waals surface area (Å²) in [5.74, 6) is 1.98. The molecule has 0 aromatic heterocycles. The molecule has 0 saturated carbocycles. The van der Waals surface area contributed by atoms with Crippen molar-refractivity contribution in [3.63, 3.8) is 0 Å². The number of ether oxygens (including phenoxy) is 2. The third kappa shape index (κ3) is 2.81. The molecule has 1 aromatic carbocycles. The van der Waals surface area contributed by atoms with Crippen LogP contribution in [0, 0.1) is 0 Å². The third-order valence-electron chi connectivity index (χ3n) is 1.75. The zero-order valence-corrected chi connectivity index (χ0v) is 9.47. The van der Waals surface area contributed by atoms with E-state index < -0.39 is 0 Å². The van der Waals surface area contributed by atoms with Gasteiger partial charge in [-0.2, -0.15) is 0 Å². The fraction of sp³-hybridized carbons (Fsp3) is 0.455. The summed E-state index contributed by atoms with van der Waals surface area (Å²) in [6.45, 7) is 3.96. The van der Waals surface area contributed by atoms with Gasteiger partial charge in [-0.15, -0.1) is 11.6 Å². The molecule has 0 aliphatic heterocycles. The molecule has 0 heterocycles. The largest absolute Gasteiger partial charge is 0.493 e. The first-order valence-corrected chi connectivity index (χ1v) is 5.10. The number of halogens is 1. The number of alkyl halides is 1. The highest BCUT2D eigenvalue weighted by Crippen LogP contribution is 2.29. The van der Waals surface area contributed by atoms with Crippen molar-refractivity contribution in [2.75, 3.05) is 7.11 Å². The van der Waals surface area contributed by atoms with E-state index in [9.17, 15) is 0 Å². The van der Waals surface area contributed by atoms with Crippen molar-refractivity contribution in [3.05, 3.63) is 23.8 Å². The van der Waals surface area contributed by atoms with Gasteiger partial charge in [-0.05, 0) is 31.5 Å². The normalized spacial score (nSPS) is 10.4. The molecule has 3 heteroatoms. The summed E-state index contributed by atoms with van der Waals surface area (Å²) in [4.78, 5) is 0. The van der Waals surface area contributed by atoms with Crippen LogP contribution >= 0.6 is 11.6 Å². The predicted molar refractivity (Wildman–Crippen MR) is 58.3 cm³/mol. The van der Waals surface area contributed by atoms with E-state index in [1.54, 1.807) is 7.11 Å². The monoisotopic (exact) mass is 214 g/mol. The van der Waals surface area contributed by atoms with Crippen LogP contribution in [0.3, 0.4) is 0 Å². The first kappa shape index (κ1) is 11.2. The van der Waals surface area contributed by atoms with E-state index in [2.05, 4.69) is 0 Å². The molecule has 0 saturated heterocycles. The van der Waals surface area contributed by atoms with Crippen LogP contribution in [0.1, 0.15) is 19.4 Å². The van der Waals surface area contributed by atoms with Crippen molar-refractivity contribution in [1.82, 2.24) is 0 Å². The molecule has 0 unspecified atom stereocenters. The Hall–Kier alpha value is -0.890. The van der Waals surface area contributed by atoms with E-state index in [0.29, 0.717) is 5.88 Å². The van der Waals surface area contributed by atoms with Crippen LogP contribution in [-0.4, -0.2) is 13.2 Å². The molecule has 0 radical (unpaired) electrons. The second-order valence-corrected chi connectivity index (χ2v) is 3.55. The second kappa shape index (κ2) is 5.11. The summed E-state index contributed by atoms with van der Waals surface area (Å²) in [6, 6.07) is 5.72. The van der Waals surface area contributed by atoms with Crippen LogP contribution in [-0.2, 0) is 5.88 Å². The molecular weight excluding hydrogens is 200 g/mol. The average Bonchev–Trinajstić information content (AvgIpc) is 2.17. The van der Waals surface area contributed by atoms with Gasteiger partial charge in [-0.1, -0.05) is 6.07 Å². The van der Waals surface area contributed by atoms with Gasteiger partial charge in [0.25, 0.3) is 0 Å². The number of benzene rings is 1. The minimum Gasteiger partial charge on any atom is -0.493 e. The Morgan fingerprint density at radius 1 is 1.29 bits per heavy atom. The number of hydrogen-bond donors (Lipinski definition) is 0. The van der Waals surface area contributed by atoms with Crippen molar-refractivity contribution >= 4 is 11.6 Å². The topological polar surface area (TPSA) is 18.5 Å². The highest BCUT2D eigenvalue weighted by atomic mass is 35.5. The Balaban J connectivity index is 2.93. The summed E-state index contributed by atoms with van der Waals surface area (Å²) < 4.78 is 10.8. The van der Waals surface area contributed by atoms with Gasteiger partial charge in [0.15, 0.2) is 11.5 Å². The fourth-order valence-electron chi connectivity index (χ4n) is 1.15. The molecule has 2 nitrogen and oxygen atoms in total. The Kier molecular flexibility index (Phi) is 4.08. The maximum Gasteiger partial charge on any atom is 0.161 e. The van der Waals surface area contributed by atoms with Crippen molar-refractivity contribution in [2.45, 2.75) is 25.8 Å². The van der Waals surface area contributed by atoms with Crippen LogP contribution < -0.4 is 9.47 Å². The van der Waals surface area contributed by atoms with E-state index in [-0.39, 0.29) is 6.10 Å². The molecule has 1 rings (SSSR count). The SMILES string of the molecule is COc1cc(CCl)ccc1OC(C)C. The molecule has 0 atom stereocenters. The van der Waals surface area contributed by atoms with Gasteiger partial charge in [0.2, 0.25) is 0 Å². The summed E-state index contributed by atoms with van der Waals surface area (Å²) >= 11 is 5.72. The summed E-state index contributed by atoms with van der Waals surface area (Å²) in [5.41, 5.74) is 1.03. The van der Waals surface area contributed by atoms with Crippen LogP contribution in [0.15, 0.2) is 18.2 Å². The lowest BCUT2D eigenvalue weighted by molar-refractivity contribution is 0.230. The summed E-state index contributed by atoms with van der Waals surface area (Å²) in [6.07, 6.45) is 0.144. The van der Waals surface area contributed by atoms with E-state index in [0.717, 1.165) is 17.1 Å². The molecule has 78 valence electrons. The predicted octanol–water partition coefficient (Wildman–Crippen LogP) is 3.22. The maximum atomic E-state index is 5.72. The Morgan fingerprint density at radius 3 is 2.50 bits per heavy atom. The van der Waals surface area contributed by atoms with Crippen molar-refractivity contribution in [1.29, 1.82) is 0 Å². The molecule has 0 fully saturated rings. The molecule has 0 amide bonds. The number of methoxy groups -OCH3 is 1. The molecule has 0 aliphatic carbocycles. The van der Waals surface area contributed by atoms with Gasteiger partial charge in [0.1, 0.15) is 0 Å². The molecule has 14 heavy (non-hydrogen) atoms. The fourth-order valence-corrected chi connectivity index (χ4v) is 1.31.